The number of hydrogen-bond donors (Lipinski definition) is 0. The van der Waals surface area contributed by atoms with Gasteiger partial charge in [-0.3, -0.25) is 0 Å². The van der Waals surface area contributed by atoms with Crippen molar-refractivity contribution in [1.82, 2.24) is 0 Å². The molecule has 1 aliphatic rings. The lowest BCUT2D eigenvalue weighted by Crippen LogP contribution is -2.27. The molecule has 1 heteroatoms. The number of nitrogens with zero attached hydrogens (tertiary/aromatic N) is 1. The Labute approximate surface area is 112 Å². The largest absolute Gasteiger partial charge is 0.374 e. The standard InChI is InChI=1S/C17H27N/c1-6-14-9-10-18(5)16-8-7-13(11-15(14)16)12-17(2,3)4/h7-8,11,14H,6,9-10,12H2,1-5H3. The maximum absolute atomic E-state index is 2.46. The van der Waals surface area contributed by atoms with E-state index in [-0.39, 0.29) is 0 Å². The van der Waals surface area contributed by atoms with Crippen LogP contribution in [-0.2, 0) is 6.42 Å². The Morgan fingerprint density at radius 2 is 2.00 bits per heavy atom. The summed E-state index contributed by atoms with van der Waals surface area (Å²) in [6.45, 7) is 10.5. The minimum atomic E-state index is 0.372. The molecule has 1 unspecified atom stereocenters. The Hall–Kier alpha value is -0.980. The van der Waals surface area contributed by atoms with Crippen LogP contribution in [0.5, 0.6) is 0 Å². The first-order valence-electron chi connectivity index (χ1n) is 7.24. The van der Waals surface area contributed by atoms with Gasteiger partial charge in [-0.05, 0) is 47.8 Å². The zero-order valence-corrected chi connectivity index (χ0v) is 12.6. The molecule has 1 heterocycles. The topological polar surface area (TPSA) is 3.24 Å². The van der Waals surface area contributed by atoms with E-state index in [0.717, 1.165) is 5.92 Å². The maximum atomic E-state index is 2.46. The van der Waals surface area contributed by atoms with Crippen LogP contribution in [0.1, 0.15) is 57.6 Å². The van der Waals surface area contributed by atoms with Crippen LogP contribution < -0.4 is 4.90 Å². The van der Waals surface area contributed by atoms with Crippen LogP contribution in [0.3, 0.4) is 0 Å². The van der Waals surface area contributed by atoms with Gasteiger partial charge in [-0.1, -0.05) is 39.8 Å². The fourth-order valence-corrected chi connectivity index (χ4v) is 3.05. The molecule has 1 aliphatic heterocycles. The summed E-state index contributed by atoms with van der Waals surface area (Å²) in [4.78, 5) is 2.41. The molecule has 0 N–H and O–H groups in total. The average molecular weight is 245 g/mol. The third-order valence-electron chi connectivity index (χ3n) is 3.98. The van der Waals surface area contributed by atoms with E-state index in [2.05, 4.69) is 57.8 Å². The van der Waals surface area contributed by atoms with Gasteiger partial charge in [-0.2, -0.15) is 0 Å². The normalized spacial score (nSPS) is 19.8. The number of benzene rings is 1. The summed E-state index contributed by atoms with van der Waals surface area (Å²) in [7, 11) is 2.22. The molecule has 0 radical (unpaired) electrons. The monoisotopic (exact) mass is 245 g/mol. The van der Waals surface area contributed by atoms with Gasteiger partial charge in [0, 0.05) is 19.3 Å². The average Bonchev–Trinajstić information content (AvgIpc) is 2.27. The molecule has 1 nitrogen and oxygen atoms in total. The number of rotatable bonds is 2. The Morgan fingerprint density at radius 3 is 2.61 bits per heavy atom. The molecule has 0 aromatic heterocycles. The van der Waals surface area contributed by atoms with E-state index in [1.165, 1.54) is 37.1 Å². The minimum absolute atomic E-state index is 0.372. The first-order valence-corrected chi connectivity index (χ1v) is 7.24. The fraction of sp³-hybridized carbons (Fsp3) is 0.647. The summed E-state index contributed by atoms with van der Waals surface area (Å²) in [5.41, 5.74) is 4.89. The van der Waals surface area contributed by atoms with Crippen molar-refractivity contribution in [1.29, 1.82) is 0 Å². The summed E-state index contributed by atoms with van der Waals surface area (Å²) in [6.07, 6.45) is 3.74. The van der Waals surface area contributed by atoms with Crippen LogP contribution in [0.25, 0.3) is 0 Å². The molecule has 1 atom stereocenters. The van der Waals surface area contributed by atoms with Crippen LogP contribution in [0.4, 0.5) is 5.69 Å². The molecule has 0 saturated heterocycles. The van der Waals surface area contributed by atoms with E-state index < -0.39 is 0 Å². The molecule has 18 heavy (non-hydrogen) atoms. The van der Waals surface area contributed by atoms with Crippen molar-refractivity contribution < 1.29 is 0 Å². The second-order valence-electron chi connectivity index (χ2n) is 6.95. The van der Waals surface area contributed by atoms with Crippen LogP contribution in [0.15, 0.2) is 18.2 Å². The van der Waals surface area contributed by atoms with Crippen LogP contribution in [0.2, 0.25) is 0 Å². The Bertz CT molecular complexity index is 414. The van der Waals surface area contributed by atoms with Gasteiger partial charge < -0.3 is 4.90 Å². The smallest absolute Gasteiger partial charge is 0.0399 e. The van der Waals surface area contributed by atoms with E-state index in [4.69, 9.17) is 0 Å². The van der Waals surface area contributed by atoms with E-state index in [0.29, 0.717) is 5.41 Å². The van der Waals surface area contributed by atoms with E-state index in [9.17, 15) is 0 Å². The van der Waals surface area contributed by atoms with Gasteiger partial charge in [0.15, 0.2) is 0 Å². The SMILES string of the molecule is CCC1CCN(C)c2ccc(CC(C)(C)C)cc21. The van der Waals surface area contributed by atoms with Crippen molar-refractivity contribution in [3.05, 3.63) is 29.3 Å². The highest BCUT2D eigenvalue weighted by Crippen LogP contribution is 2.37. The molecule has 0 bridgehead atoms. The van der Waals surface area contributed by atoms with Gasteiger partial charge in [0.05, 0.1) is 0 Å². The van der Waals surface area contributed by atoms with Crippen molar-refractivity contribution in [2.45, 2.75) is 52.9 Å². The number of anilines is 1. The van der Waals surface area contributed by atoms with Gasteiger partial charge in [0.2, 0.25) is 0 Å². The van der Waals surface area contributed by atoms with Crippen LogP contribution >= 0.6 is 0 Å². The van der Waals surface area contributed by atoms with Gasteiger partial charge >= 0.3 is 0 Å². The summed E-state index contributed by atoms with van der Waals surface area (Å²) < 4.78 is 0. The van der Waals surface area contributed by atoms with Crippen molar-refractivity contribution in [3.8, 4) is 0 Å². The second kappa shape index (κ2) is 4.95. The van der Waals surface area contributed by atoms with Crippen molar-refractivity contribution in [2.24, 2.45) is 5.41 Å². The molecule has 2 rings (SSSR count). The predicted octanol–water partition coefficient (Wildman–Crippen LogP) is 4.61. The lowest BCUT2D eigenvalue weighted by molar-refractivity contribution is 0.411. The lowest BCUT2D eigenvalue weighted by Gasteiger charge is -2.33. The predicted molar refractivity (Wildman–Crippen MR) is 80.5 cm³/mol. The van der Waals surface area contributed by atoms with E-state index >= 15 is 0 Å². The Morgan fingerprint density at radius 1 is 1.28 bits per heavy atom. The lowest BCUT2D eigenvalue weighted by atomic mass is 9.83. The molecule has 1 aromatic rings. The highest BCUT2D eigenvalue weighted by molar-refractivity contribution is 5.58. The molecular weight excluding hydrogens is 218 g/mol. The molecule has 0 amide bonds. The van der Waals surface area contributed by atoms with Crippen molar-refractivity contribution >= 4 is 5.69 Å². The van der Waals surface area contributed by atoms with Crippen LogP contribution in [0, 0.1) is 5.41 Å². The summed E-state index contributed by atoms with van der Waals surface area (Å²) in [5.74, 6) is 0.760. The molecule has 0 aliphatic carbocycles. The zero-order chi connectivity index (χ0) is 13.3. The van der Waals surface area contributed by atoms with E-state index in [1.807, 2.05) is 0 Å². The molecule has 100 valence electrons. The second-order valence-corrected chi connectivity index (χ2v) is 6.95. The Balaban J connectivity index is 2.34. The first-order chi connectivity index (χ1) is 8.40. The molecular formula is C17H27N. The molecule has 0 saturated carbocycles. The molecule has 1 aromatic carbocycles. The summed E-state index contributed by atoms with van der Waals surface area (Å²) in [6, 6.07) is 7.11. The summed E-state index contributed by atoms with van der Waals surface area (Å²) >= 11 is 0. The maximum Gasteiger partial charge on any atom is 0.0399 e. The highest BCUT2D eigenvalue weighted by Gasteiger charge is 2.22. The van der Waals surface area contributed by atoms with Crippen molar-refractivity contribution in [2.75, 3.05) is 18.5 Å². The molecule has 0 spiro atoms. The summed E-state index contributed by atoms with van der Waals surface area (Å²) in [5, 5.41) is 0. The van der Waals surface area contributed by atoms with Gasteiger partial charge in [0.25, 0.3) is 0 Å². The zero-order valence-electron chi connectivity index (χ0n) is 12.6. The van der Waals surface area contributed by atoms with Crippen molar-refractivity contribution in [3.63, 3.8) is 0 Å². The number of hydrogen-bond acceptors (Lipinski definition) is 1. The third-order valence-corrected chi connectivity index (χ3v) is 3.98. The van der Waals surface area contributed by atoms with Gasteiger partial charge in [0.1, 0.15) is 0 Å². The molecule has 0 fully saturated rings. The highest BCUT2D eigenvalue weighted by atomic mass is 15.1. The minimum Gasteiger partial charge on any atom is -0.374 e. The quantitative estimate of drug-likeness (QED) is 0.735. The Kier molecular flexibility index (Phi) is 3.70. The first kappa shape index (κ1) is 13.5. The van der Waals surface area contributed by atoms with Gasteiger partial charge in [-0.15, -0.1) is 0 Å². The van der Waals surface area contributed by atoms with Gasteiger partial charge in [-0.25, -0.2) is 0 Å². The van der Waals surface area contributed by atoms with E-state index in [1.54, 1.807) is 5.56 Å². The third kappa shape index (κ3) is 2.88. The number of fused-ring (bicyclic) bond motifs is 1. The van der Waals surface area contributed by atoms with Crippen LogP contribution in [-0.4, -0.2) is 13.6 Å². The fourth-order valence-electron chi connectivity index (χ4n) is 3.05.